The van der Waals surface area contributed by atoms with Gasteiger partial charge in [0.15, 0.2) is 0 Å². The monoisotopic (exact) mass is 288 g/mol. The van der Waals surface area contributed by atoms with Gasteiger partial charge >= 0.3 is 6.18 Å². The molecule has 2 aromatic rings. The second kappa shape index (κ2) is 5.35. The van der Waals surface area contributed by atoms with Gasteiger partial charge in [0.2, 0.25) is 5.82 Å². The van der Waals surface area contributed by atoms with Crippen LogP contribution in [0.25, 0.3) is 0 Å². The molecule has 2 heterocycles. The smallest absolute Gasteiger partial charge is 0.406 e. The van der Waals surface area contributed by atoms with E-state index in [4.69, 9.17) is 4.42 Å². The molecule has 0 radical (unpaired) electrons. The predicted molar refractivity (Wildman–Crippen MR) is 60.6 cm³/mol. The maximum Gasteiger partial charge on any atom is 0.406 e. The van der Waals surface area contributed by atoms with Crippen LogP contribution in [0.3, 0.4) is 0 Å². The number of nitrogens with one attached hydrogen (secondary N) is 1. The van der Waals surface area contributed by atoms with Crippen molar-refractivity contribution in [3.8, 4) is 0 Å². The van der Waals surface area contributed by atoms with Crippen molar-refractivity contribution in [3.63, 3.8) is 0 Å². The number of hydrogen-bond donors (Lipinski definition) is 1. The third-order valence-corrected chi connectivity index (χ3v) is 2.37. The highest BCUT2D eigenvalue weighted by molar-refractivity contribution is 5.90. The summed E-state index contributed by atoms with van der Waals surface area (Å²) < 4.78 is 42.6. The number of carbonyl (C=O) groups excluding carboxylic acids is 1. The summed E-state index contributed by atoms with van der Waals surface area (Å²) in [7, 11) is 0. The number of aromatic nitrogens is 3. The molecule has 6 nitrogen and oxygen atoms in total. The van der Waals surface area contributed by atoms with Crippen LogP contribution in [0.15, 0.2) is 22.8 Å². The molecule has 0 fully saturated rings. The van der Waals surface area contributed by atoms with Crippen molar-refractivity contribution in [2.75, 3.05) is 6.54 Å². The van der Waals surface area contributed by atoms with Crippen LogP contribution in [-0.4, -0.2) is 38.7 Å². The van der Waals surface area contributed by atoms with Gasteiger partial charge in [-0.1, -0.05) is 0 Å². The molecule has 9 heteroatoms. The molecule has 108 valence electrons. The maximum absolute atomic E-state index is 12.5. The molecule has 1 N–H and O–H groups in total. The zero-order valence-corrected chi connectivity index (χ0v) is 10.4. The fourth-order valence-corrected chi connectivity index (χ4v) is 1.59. The van der Waals surface area contributed by atoms with Gasteiger partial charge in [0.05, 0.1) is 12.8 Å². The Balaban J connectivity index is 2.19. The Labute approximate surface area is 111 Å². The molecule has 20 heavy (non-hydrogen) atoms. The summed E-state index contributed by atoms with van der Waals surface area (Å²) in [5.74, 6) is -0.630. The molecule has 1 amide bonds. The summed E-state index contributed by atoms with van der Waals surface area (Å²) in [5, 5.41) is 5.98. The minimum Gasteiger partial charge on any atom is -0.467 e. The summed E-state index contributed by atoms with van der Waals surface area (Å²) >= 11 is 0. The average Bonchev–Trinajstić information content (AvgIpc) is 2.97. The van der Waals surface area contributed by atoms with E-state index in [-0.39, 0.29) is 18.1 Å². The lowest BCUT2D eigenvalue weighted by Gasteiger charge is -2.21. The number of halogens is 3. The number of aryl methyl sites for hydroxylation is 1. The Morgan fingerprint density at radius 1 is 1.50 bits per heavy atom. The van der Waals surface area contributed by atoms with E-state index in [0.29, 0.717) is 10.7 Å². The van der Waals surface area contributed by atoms with E-state index in [1.54, 1.807) is 6.92 Å². The molecule has 0 aromatic carbocycles. The Bertz CT molecular complexity index is 577. The van der Waals surface area contributed by atoms with E-state index in [9.17, 15) is 18.0 Å². The number of rotatable bonds is 4. The van der Waals surface area contributed by atoms with E-state index >= 15 is 0 Å². The van der Waals surface area contributed by atoms with Gasteiger partial charge in [-0.2, -0.15) is 13.2 Å². The van der Waals surface area contributed by atoms with Crippen LogP contribution in [0.5, 0.6) is 0 Å². The lowest BCUT2D eigenvalue weighted by molar-refractivity contribution is -0.142. The van der Waals surface area contributed by atoms with Crippen LogP contribution in [0.4, 0.5) is 13.2 Å². The molecular formula is C11H11F3N4O2. The maximum atomic E-state index is 12.5. The quantitative estimate of drug-likeness (QED) is 0.932. The Kier molecular flexibility index (Phi) is 3.77. The Morgan fingerprint density at radius 2 is 2.25 bits per heavy atom. The second-order valence-electron chi connectivity index (χ2n) is 4.10. The SMILES string of the molecule is Cc1nc(C(=O)N(Cc2ccco2)CC(F)(F)F)n[nH]1. The molecule has 2 rings (SSSR count). The van der Waals surface area contributed by atoms with Crippen LogP contribution < -0.4 is 0 Å². The van der Waals surface area contributed by atoms with Crippen LogP contribution in [0.2, 0.25) is 0 Å². The summed E-state index contributed by atoms with van der Waals surface area (Å²) in [4.78, 5) is 16.3. The van der Waals surface area contributed by atoms with E-state index in [0.717, 1.165) is 0 Å². The third-order valence-electron chi connectivity index (χ3n) is 2.37. The highest BCUT2D eigenvalue weighted by Gasteiger charge is 2.34. The van der Waals surface area contributed by atoms with Gasteiger partial charge in [-0.25, -0.2) is 4.98 Å². The number of hydrogen-bond acceptors (Lipinski definition) is 4. The molecule has 0 saturated carbocycles. The Morgan fingerprint density at radius 3 is 2.75 bits per heavy atom. The second-order valence-corrected chi connectivity index (χ2v) is 4.10. The zero-order chi connectivity index (χ0) is 14.8. The molecule has 0 saturated heterocycles. The fourth-order valence-electron chi connectivity index (χ4n) is 1.59. The molecular weight excluding hydrogens is 277 g/mol. The van der Waals surface area contributed by atoms with Crippen LogP contribution in [-0.2, 0) is 6.54 Å². The summed E-state index contributed by atoms with van der Waals surface area (Å²) in [6.45, 7) is -0.163. The minimum atomic E-state index is -4.52. The van der Waals surface area contributed by atoms with E-state index in [1.807, 2.05) is 0 Å². The van der Waals surface area contributed by atoms with Crippen molar-refractivity contribution < 1.29 is 22.4 Å². The van der Waals surface area contributed by atoms with Crippen LogP contribution in [0.1, 0.15) is 22.2 Å². The topological polar surface area (TPSA) is 75.0 Å². The van der Waals surface area contributed by atoms with Gasteiger partial charge in [-0.05, 0) is 19.1 Å². The molecule has 0 bridgehead atoms. The summed E-state index contributed by atoms with van der Waals surface area (Å²) in [6, 6.07) is 3.02. The molecule has 0 aliphatic heterocycles. The molecule has 0 unspecified atom stereocenters. The first-order valence-electron chi connectivity index (χ1n) is 5.62. The first-order chi connectivity index (χ1) is 9.35. The largest absolute Gasteiger partial charge is 0.467 e. The van der Waals surface area contributed by atoms with Gasteiger partial charge in [0.1, 0.15) is 18.1 Å². The Hall–Kier alpha value is -2.32. The molecule has 0 spiro atoms. The minimum absolute atomic E-state index is 0.245. The van der Waals surface area contributed by atoms with Crippen molar-refractivity contribution in [2.45, 2.75) is 19.6 Å². The number of H-pyrrole nitrogens is 1. The number of carbonyl (C=O) groups is 1. The first-order valence-corrected chi connectivity index (χ1v) is 5.62. The van der Waals surface area contributed by atoms with Crippen molar-refractivity contribution in [3.05, 3.63) is 35.8 Å². The van der Waals surface area contributed by atoms with Crippen molar-refractivity contribution >= 4 is 5.91 Å². The summed E-state index contributed by atoms with van der Waals surface area (Å²) in [6.07, 6.45) is -3.20. The molecule has 0 aliphatic rings. The van der Waals surface area contributed by atoms with Crippen molar-refractivity contribution in [1.29, 1.82) is 0 Å². The van der Waals surface area contributed by atoms with Crippen LogP contribution >= 0.6 is 0 Å². The van der Waals surface area contributed by atoms with Crippen molar-refractivity contribution in [2.24, 2.45) is 0 Å². The van der Waals surface area contributed by atoms with Gasteiger partial charge in [-0.3, -0.25) is 9.89 Å². The van der Waals surface area contributed by atoms with E-state index < -0.39 is 18.6 Å². The normalized spacial score (nSPS) is 11.6. The first kappa shape index (κ1) is 14.1. The lowest BCUT2D eigenvalue weighted by atomic mass is 10.3. The van der Waals surface area contributed by atoms with E-state index in [2.05, 4.69) is 15.2 Å². The van der Waals surface area contributed by atoms with Gasteiger partial charge in [0, 0.05) is 0 Å². The molecule has 0 atom stereocenters. The number of nitrogens with zero attached hydrogens (tertiary/aromatic N) is 3. The average molecular weight is 288 g/mol. The standard InChI is InChI=1S/C11H11F3N4O2/c1-7-15-9(17-16-7)10(19)18(6-11(12,13)14)5-8-3-2-4-20-8/h2-4H,5-6H2,1H3,(H,15,16,17). The highest BCUT2D eigenvalue weighted by Crippen LogP contribution is 2.19. The lowest BCUT2D eigenvalue weighted by Crippen LogP contribution is -2.39. The van der Waals surface area contributed by atoms with Crippen molar-refractivity contribution in [1.82, 2.24) is 20.1 Å². The van der Waals surface area contributed by atoms with Gasteiger partial charge < -0.3 is 9.32 Å². The van der Waals surface area contributed by atoms with E-state index in [1.165, 1.54) is 18.4 Å². The fraction of sp³-hybridized carbons (Fsp3) is 0.364. The molecule has 2 aromatic heterocycles. The molecule has 0 aliphatic carbocycles. The van der Waals surface area contributed by atoms with Crippen LogP contribution in [0, 0.1) is 6.92 Å². The van der Waals surface area contributed by atoms with Gasteiger partial charge in [-0.15, -0.1) is 5.10 Å². The highest BCUT2D eigenvalue weighted by atomic mass is 19.4. The number of aromatic amines is 1. The predicted octanol–water partition coefficient (Wildman–Crippen LogP) is 1.91. The van der Waals surface area contributed by atoms with Gasteiger partial charge in [0.25, 0.3) is 5.91 Å². The number of furan rings is 1. The third kappa shape index (κ3) is 3.59. The number of alkyl halides is 3. The zero-order valence-electron chi connectivity index (χ0n) is 10.4. The summed E-state index contributed by atoms with van der Waals surface area (Å²) in [5.41, 5.74) is 0. The number of amides is 1.